The normalized spacial score (nSPS) is 16.8. The van der Waals surface area contributed by atoms with Crippen LogP contribution in [0, 0.1) is 0 Å². The van der Waals surface area contributed by atoms with Gasteiger partial charge in [0, 0.05) is 26.9 Å². The summed E-state index contributed by atoms with van der Waals surface area (Å²) in [4.78, 5) is 19.7. The van der Waals surface area contributed by atoms with E-state index in [-0.39, 0.29) is 11.5 Å². The summed E-state index contributed by atoms with van der Waals surface area (Å²) in [5.41, 5.74) is 0.370. The number of hydrogen-bond donors (Lipinski definition) is 0. The minimum Gasteiger partial charge on any atom is -0.372 e. The molecular weight excluding hydrogens is 278 g/mol. The predicted octanol–water partition coefficient (Wildman–Crippen LogP) is 2.05. The highest BCUT2D eigenvalue weighted by atomic mass is 35.5. The van der Waals surface area contributed by atoms with E-state index < -0.39 is 0 Å². The van der Waals surface area contributed by atoms with Gasteiger partial charge in [0.2, 0.25) is 0 Å². The van der Waals surface area contributed by atoms with E-state index in [1.54, 1.807) is 26.4 Å². The van der Waals surface area contributed by atoms with Crippen molar-refractivity contribution in [2.45, 2.75) is 19.4 Å². The van der Waals surface area contributed by atoms with E-state index in [1.165, 1.54) is 4.90 Å². The van der Waals surface area contributed by atoms with E-state index >= 15 is 0 Å². The molecule has 0 atom stereocenters. The van der Waals surface area contributed by atoms with Crippen LogP contribution in [0.25, 0.3) is 0 Å². The molecule has 1 fully saturated rings. The van der Waals surface area contributed by atoms with Crippen LogP contribution in [-0.2, 0) is 4.74 Å². The van der Waals surface area contributed by atoms with E-state index in [0.717, 1.165) is 13.1 Å². The molecule has 5 nitrogen and oxygen atoms in total. The van der Waals surface area contributed by atoms with Gasteiger partial charge in [0.1, 0.15) is 11.4 Å². The van der Waals surface area contributed by atoms with E-state index in [1.807, 2.05) is 6.92 Å². The van der Waals surface area contributed by atoms with Crippen LogP contribution in [0.2, 0.25) is 5.02 Å². The first-order chi connectivity index (χ1) is 9.36. The summed E-state index contributed by atoms with van der Waals surface area (Å²) < 4.78 is 5.68. The summed E-state index contributed by atoms with van der Waals surface area (Å²) in [5.74, 6) is 0.605. The summed E-state index contributed by atoms with van der Waals surface area (Å²) >= 11 is 6.24. The molecule has 1 aliphatic rings. The summed E-state index contributed by atoms with van der Waals surface area (Å²) in [6.07, 6.45) is 1.57. The average molecular weight is 298 g/mol. The Morgan fingerprint density at radius 3 is 2.70 bits per heavy atom. The number of pyridine rings is 1. The van der Waals surface area contributed by atoms with Gasteiger partial charge in [0.05, 0.1) is 23.7 Å². The Labute approximate surface area is 124 Å². The van der Waals surface area contributed by atoms with Crippen LogP contribution in [0.1, 0.15) is 24.2 Å². The number of aromatic nitrogens is 1. The van der Waals surface area contributed by atoms with Crippen LogP contribution in [0.3, 0.4) is 0 Å². The smallest absolute Gasteiger partial charge is 0.254 e. The van der Waals surface area contributed by atoms with Crippen molar-refractivity contribution in [2.24, 2.45) is 0 Å². The minimum atomic E-state index is -0.127. The lowest BCUT2D eigenvalue weighted by Crippen LogP contribution is -2.62. The van der Waals surface area contributed by atoms with Crippen molar-refractivity contribution in [1.29, 1.82) is 0 Å². The van der Waals surface area contributed by atoms with Crippen molar-refractivity contribution in [3.05, 3.63) is 22.8 Å². The maximum absolute atomic E-state index is 11.8. The molecule has 1 amide bonds. The van der Waals surface area contributed by atoms with E-state index in [9.17, 15) is 4.79 Å². The summed E-state index contributed by atoms with van der Waals surface area (Å²) in [5, 5.41) is 0.497. The van der Waals surface area contributed by atoms with Gasteiger partial charge in [0.15, 0.2) is 0 Å². The lowest BCUT2D eigenvalue weighted by Gasteiger charge is -2.48. The molecule has 110 valence electrons. The summed E-state index contributed by atoms with van der Waals surface area (Å²) in [7, 11) is 3.40. The van der Waals surface area contributed by atoms with Crippen molar-refractivity contribution >= 4 is 23.3 Å². The monoisotopic (exact) mass is 297 g/mol. The minimum absolute atomic E-state index is 0.103. The van der Waals surface area contributed by atoms with Crippen molar-refractivity contribution in [3.8, 4) is 0 Å². The van der Waals surface area contributed by atoms with Gasteiger partial charge in [-0.15, -0.1) is 0 Å². The molecule has 2 rings (SSSR count). The van der Waals surface area contributed by atoms with Crippen molar-refractivity contribution in [1.82, 2.24) is 9.88 Å². The molecule has 0 saturated carbocycles. The Kier molecular flexibility index (Phi) is 4.20. The molecule has 1 aromatic rings. The van der Waals surface area contributed by atoms with Crippen LogP contribution in [0.5, 0.6) is 0 Å². The quantitative estimate of drug-likeness (QED) is 0.853. The first-order valence-corrected chi connectivity index (χ1v) is 7.00. The number of anilines is 1. The first-order valence-electron chi connectivity index (χ1n) is 6.62. The van der Waals surface area contributed by atoms with E-state index in [2.05, 4.69) is 16.8 Å². The molecule has 6 heteroatoms. The van der Waals surface area contributed by atoms with Gasteiger partial charge in [-0.25, -0.2) is 4.98 Å². The zero-order valence-electron chi connectivity index (χ0n) is 12.3. The van der Waals surface area contributed by atoms with Gasteiger partial charge in [-0.3, -0.25) is 4.79 Å². The molecule has 0 N–H and O–H groups in total. The number of halogens is 1. The largest absolute Gasteiger partial charge is 0.372 e. The Hall–Kier alpha value is -1.33. The van der Waals surface area contributed by atoms with E-state index in [0.29, 0.717) is 23.0 Å². The zero-order chi connectivity index (χ0) is 14.9. The molecule has 20 heavy (non-hydrogen) atoms. The second kappa shape index (κ2) is 5.58. The summed E-state index contributed by atoms with van der Waals surface area (Å²) in [6, 6.07) is 1.67. The lowest BCUT2D eigenvalue weighted by atomic mass is 9.96. The Morgan fingerprint density at radius 1 is 1.55 bits per heavy atom. The van der Waals surface area contributed by atoms with Gasteiger partial charge in [-0.1, -0.05) is 11.6 Å². The number of nitrogens with zero attached hydrogens (tertiary/aromatic N) is 3. The molecular formula is C14H20ClN3O2. The molecule has 0 aromatic carbocycles. The van der Waals surface area contributed by atoms with Crippen LogP contribution in [0.15, 0.2) is 12.3 Å². The van der Waals surface area contributed by atoms with Crippen molar-refractivity contribution in [2.75, 3.05) is 38.7 Å². The second-order valence-corrected chi connectivity index (χ2v) is 5.88. The van der Waals surface area contributed by atoms with Gasteiger partial charge >= 0.3 is 0 Å². The first kappa shape index (κ1) is 15.1. The summed E-state index contributed by atoms with van der Waals surface area (Å²) in [6.45, 7) is 6.27. The molecule has 0 unspecified atom stereocenters. The van der Waals surface area contributed by atoms with Gasteiger partial charge in [-0.2, -0.15) is 0 Å². The van der Waals surface area contributed by atoms with Gasteiger partial charge in [-0.05, 0) is 19.9 Å². The number of amides is 1. The Bertz CT molecular complexity index is 513. The number of rotatable bonds is 4. The van der Waals surface area contributed by atoms with E-state index in [4.69, 9.17) is 16.3 Å². The third-order valence-electron chi connectivity index (χ3n) is 3.32. The molecule has 0 radical (unpaired) electrons. The van der Waals surface area contributed by atoms with Crippen molar-refractivity contribution in [3.63, 3.8) is 0 Å². The maximum Gasteiger partial charge on any atom is 0.254 e. The molecule has 0 bridgehead atoms. The number of carbonyl (C=O) groups is 1. The third-order valence-corrected chi connectivity index (χ3v) is 3.60. The highest BCUT2D eigenvalue weighted by Gasteiger charge is 2.40. The van der Waals surface area contributed by atoms with Crippen LogP contribution < -0.4 is 4.90 Å². The third kappa shape index (κ3) is 2.88. The van der Waals surface area contributed by atoms with Crippen LogP contribution >= 0.6 is 11.6 Å². The Balaban J connectivity index is 2.11. The maximum atomic E-state index is 11.8. The standard InChI is InChI=1S/C14H20ClN3O2/c1-5-20-14(2)8-18(9-14)12-11(15)6-10(7-16-12)13(19)17(3)4/h6-7H,5,8-9H2,1-4H3. The van der Waals surface area contributed by atoms with Crippen LogP contribution in [0.4, 0.5) is 5.82 Å². The van der Waals surface area contributed by atoms with Crippen LogP contribution in [-0.4, -0.2) is 55.2 Å². The van der Waals surface area contributed by atoms with Crippen molar-refractivity contribution < 1.29 is 9.53 Å². The number of hydrogen-bond acceptors (Lipinski definition) is 4. The fourth-order valence-electron chi connectivity index (χ4n) is 2.39. The van der Waals surface area contributed by atoms with Gasteiger partial charge < -0.3 is 14.5 Å². The molecule has 0 aliphatic carbocycles. The fraction of sp³-hybridized carbons (Fsp3) is 0.571. The predicted molar refractivity (Wildman–Crippen MR) is 79.5 cm³/mol. The van der Waals surface area contributed by atoms with Gasteiger partial charge in [0.25, 0.3) is 5.91 Å². The highest BCUT2D eigenvalue weighted by Crippen LogP contribution is 2.33. The zero-order valence-corrected chi connectivity index (χ0v) is 13.1. The topological polar surface area (TPSA) is 45.7 Å². The molecule has 1 saturated heterocycles. The molecule has 2 heterocycles. The number of carbonyl (C=O) groups excluding carboxylic acids is 1. The fourth-order valence-corrected chi connectivity index (χ4v) is 2.68. The molecule has 1 aromatic heterocycles. The SMILES string of the molecule is CCOC1(C)CN(c2ncc(C(=O)N(C)C)cc2Cl)C1. The molecule has 0 spiro atoms. The Morgan fingerprint density at radius 2 is 2.20 bits per heavy atom. The average Bonchev–Trinajstić information content (AvgIpc) is 2.35. The molecule has 1 aliphatic heterocycles. The number of ether oxygens (including phenoxy) is 1. The second-order valence-electron chi connectivity index (χ2n) is 5.47. The lowest BCUT2D eigenvalue weighted by molar-refractivity contribution is -0.0448. The highest BCUT2D eigenvalue weighted by molar-refractivity contribution is 6.33.